The van der Waals surface area contributed by atoms with E-state index >= 15 is 0 Å². The summed E-state index contributed by atoms with van der Waals surface area (Å²) in [4.78, 5) is 0.584. The van der Waals surface area contributed by atoms with Gasteiger partial charge in [0.05, 0.1) is 6.61 Å². The molecule has 1 aliphatic rings. The topological polar surface area (TPSA) is 9.23 Å². The van der Waals surface area contributed by atoms with Crippen LogP contribution in [0, 0.1) is 0 Å². The Morgan fingerprint density at radius 2 is 2.31 bits per heavy atom. The van der Waals surface area contributed by atoms with Crippen LogP contribution in [0.25, 0.3) is 0 Å². The van der Waals surface area contributed by atoms with Gasteiger partial charge < -0.3 is 4.74 Å². The SMILES string of the molecule is CC(Br)CCCc1cc(Cl)cc2c1OCC2. The minimum Gasteiger partial charge on any atom is -0.493 e. The number of alkyl halides is 1. The second-order valence-corrected chi connectivity index (χ2v) is 6.32. The lowest BCUT2D eigenvalue weighted by atomic mass is 10.0. The highest BCUT2D eigenvalue weighted by molar-refractivity contribution is 9.09. The van der Waals surface area contributed by atoms with Crippen molar-refractivity contribution in [1.82, 2.24) is 0 Å². The Bertz CT molecular complexity index is 376. The zero-order valence-electron chi connectivity index (χ0n) is 9.43. The first-order chi connectivity index (χ1) is 7.66. The van der Waals surface area contributed by atoms with E-state index in [1.165, 1.54) is 24.0 Å². The van der Waals surface area contributed by atoms with Crippen molar-refractivity contribution in [3.8, 4) is 5.75 Å². The predicted molar refractivity (Wildman–Crippen MR) is 72.0 cm³/mol. The zero-order chi connectivity index (χ0) is 11.5. The molecule has 1 atom stereocenters. The van der Waals surface area contributed by atoms with Crippen LogP contribution in [0.4, 0.5) is 0 Å². The van der Waals surface area contributed by atoms with E-state index in [9.17, 15) is 0 Å². The molecule has 0 spiro atoms. The van der Waals surface area contributed by atoms with Crippen LogP contribution < -0.4 is 4.74 Å². The summed E-state index contributed by atoms with van der Waals surface area (Å²) >= 11 is 9.67. The van der Waals surface area contributed by atoms with Gasteiger partial charge in [0, 0.05) is 16.3 Å². The van der Waals surface area contributed by atoms with Gasteiger partial charge in [-0.15, -0.1) is 0 Å². The lowest BCUT2D eigenvalue weighted by molar-refractivity contribution is 0.353. The summed E-state index contributed by atoms with van der Waals surface area (Å²) in [5, 5.41) is 0.839. The summed E-state index contributed by atoms with van der Waals surface area (Å²) in [7, 11) is 0. The molecular weight excluding hydrogens is 287 g/mol. The van der Waals surface area contributed by atoms with E-state index in [2.05, 4.69) is 22.9 Å². The van der Waals surface area contributed by atoms with Gasteiger partial charge in [-0.25, -0.2) is 0 Å². The van der Waals surface area contributed by atoms with Crippen molar-refractivity contribution in [2.24, 2.45) is 0 Å². The predicted octanol–water partition coefficient (Wildman–Crippen LogP) is 4.38. The monoisotopic (exact) mass is 302 g/mol. The lowest BCUT2D eigenvalue weighted by Gasteiger charge is -2.09. The van der Waals surface area contributed by atoms with Gasteiger partial charge in [0.1, 0.15) is 5.75 Å². The highest BCUT2D eigenvalue weighted by Gasteiger charge is 2.17. The van der Waals surface area contributed by atoms with E-state index in [1.54, 1.807) is 0 Å². The average molecular weight is 304 g/mol. The van der Waals surface area contributed by atoms with Crippen molar-refractivity contribution < 1.29 is 4.74 Å². The number of ether oxygens (including phenoxy) is 1. The Hall–Kier alpha value is -0.210. The number of hydrogen-bond donors (Lipinski definition) is 0. The van der Waals surface area contributed by atoms with Gasteiger partial charge in [-0.05, 0) is 42.5 Å². The Morgan fingerprint density at radius 1 is 1.50 bits per heavy atom. The molecule has 0 fully saturated rings. The normalized spacial score (nSPS) is 15.7. The number of fused-ring (bicyclic) bond motifs is 1. The fraction of sp³-hybridized carbons (Fsp3) is 0.538. The molecule has 3 heteroatoms. The van der Waals surface area contributed by atoms with E-state index in [1.807, 2.05) is 12.1 Å². The lowest BCUT2D eigenvalue weighted by Crippen LogP contribution is -1.95. The molecule has 0 amide bonds. The van der Waals surface area contributed by atoms with Crippen LogP contribution >= 0.6 is 27.5 Å². The molecule has 1 aromatic carbocycles. The minimum absolute atomic E-state index is 0.584. The van der Waals surface area contributed by atoms with E-state index in [4.69, 9.17) is 16.3 Å². The fourth-order valence-corrected chi connectivity index (χ4v) is 2.69. The maximum Gasteiger partial charge on any atom is 0.125 e. The Balaban J connectivity index is 2.08. The van der Waals surface area contributed by atoms with Crippen LogP contribution in [0.3, 0.4) is 0 Å². The van der Waals surface area contributed by atoms with Gasteiger partial charge in [0.25, 0.3) is 0 Å². The van der Waals surface area contributed by atoms with Crippen molar-refractivity contribution in [2.45, 2.75) is 37.4 Å². The molecule has 88 valence electrons. The quantitative estimate of drug-likeness (QED) is 0.750. The van der Waals surface area contributed by atoms with Crippen molar-refractivity contribution in [2.75, 3.05) is 6.61 Å². The maximum atomic E-state index is 6.11. The largest absolute Gasteiger partial charge is 0.493 e. The maximum absolute atomic E-state index is 6.11. The highest BCUT2D eigenvalue weighted by atomic mass is 79.9. The second-order valence-electron chi connectivity index (χ2n) is 4.32. The summed E-state index contributed by atoms with van der Waals surface area (Å²) < 4.78 is 5.67. The molecule has 0 saturated heterocycles. The van der Waals surface area contributed by atoms with Gasteiger partial charge in [-0.1, -0.05) is 34.5 Å². The van der Waals surface area contributed by atoms with Gasteiger partial charge >= 0.3 is 0 Å². The minimum atomic E-state index is 0.584. The number of rotatable bonds is 4. The van der Waals surface area contributed by atoms with Gasteiger partial charge in [-0.3, -0.25) is 0 Å². The van der Waals surface area contributed by atoms with E-state index in [0.29, 0.717) is 4.83 Å². The fourth-order valence-electron chi connectivity index (χ4n) is 2.11. The highest BCUT2D eigenvalue weighted by Crippen LogP contribution is 2.33. The van der Waals surface area contributed by atoms with E-state index in [0.717, 1.165) is 30.2 Å². The standard InChI is InChI=1S/C13H16BrClO/c1-9(14)3-2-4-10-7-12(15)8-11-5-6-16-13(10)11/h7-9H,2-6H2,1H3. The van der Waals surface area contributed by atoms with Gasteiger partial charge in [0.15, 0.2) is 0 Å². The van der Waals surface area contributed by atoms with Crippen LogP contribution in [0.1, 0.15) is 30.9 Å². The Labute approximate surface area is 110 Å². The third kappa shape index (κ3) is 2.92. The summed E-state index contributed by atoms with van der Waals surface area (Å²) in [5.41, 5.74) is 2.54. The number of halogens is 2. The zero-order valence-corrected chi connectivity index (χ0v) is 11.8. The van der Waals surface area contributed by atoms with Crippen LogP contribution in [0.2, 0.25) is 5.02 Å². The van der Waals surface area contributed by atoms with Crippen molar-refractivity contribution in [3.05, 3.63) is 28.3 Å². The smallest absolute Gasteiger partial charge is 0.125 e. The molecule has 1 nitrogen and oxygen atoms in total. The van der Waals surface area contributed by atoms with Crippen molar-refractivity contribution in [1.29, 1.82) is 0 Å². The molecule has 16 heavy (non-hydrogen) atoms. The molecule has 0 aliphatic carbocycles. The first-order valence-electron chi connectivity index (χ1n) is 5.75. The molecule has 1 heterocycles. The molecule has 0 N–H and O–H groups in total. The van der Waals surface area contributed by atoms with Gasteiger partial charge in [-0.2, -0.15) is 0 Å². The van der Waals surface area contributed by atoms with Crippen LogP contribution in [-0.2, 0) is 12.8 Å². The van der Waals surface area contributed by atoms with Crippen molar-refractivity contribution >= 4 is 27.5 Å². The molecular formula is C13H16BrClO. The molecule has 0 radical (unpaired) electrons. The second kappa shape index (κ2) is 5.42. The van der Waals surface area contributed by atoms with Crippen LogP contribution in [-0.4, -0.2) is 11.4 Å². The average Bonchev–Trinajstić information content (AvgIpc) is 2.64. The third-order valence-electron chi connectivity index (χ3n) is 2.87. The molecule has 2 rings (SSSR count). The summed E-state index contributed by atoms with van der Waals surface area (Å²) in [5.74, 6) is 1.09. The van der Waals surface area contributed by atoms with Crippen molar-refractivity contribution in [3.63, 3.8) is 0 Å². The van der Waals surface area contributed by atoms with Crippen LogP contribution in [0.5, 0.6) is 5.75 Å². The molecule has 0 saturated carbocycles. The first-order valence-corrected chi connectivity index (χ1v) is 7.04. The number of hydrogen-bond acceptors (Lipinski definition) is 1. The number of benzene rings is 1. The molecule has 1 aliphatic heterocycles. The van der Waals surface area contributed by atoms with E-state index < -0.39 is 0 Å². The third-order valence-corrected chi connectivity index (χ3v) is 3.55. The van der Waals surface area contributed by atoms with Gasteiger partial charge in [0.2, 0.25) is 0 Å². The summed E-state index contributed by atoms with van der Waals surface area (Å²) in [6.45, 7) is 2.98. The Kier molecular flexibility index (Phi) is 4.15. The molecule has 1 unspecified atom stereocenters. The molecule has 0 aromatic heterocycles. The summed E-state index contributed by atoms with van der Waals surface area (Å²) in [6, 6.07) is 4.07. The van der Waals surface area contributed by atoms with E-state index in [-0.39, 0.29) is 0 Å². The number of aryl methyl sites for hydroxylation is 1. The molecule has 1 aromatic rings. The van der Waals surface area contributed by atoms with Crippen LogP contribution in [0.15, 0.2) is 12.1 Å². The molecule has 0 bridgehead atoms. The Morgan fingerprint density at radius 3 is 3.06 bits per heavy atom. The first kappa shape index (κ1) is 12.3. The summed E-state index contributed by atoms with van der Waals surface area (Å²) in [6.07, 6.45) is 4.40.